The maximum Gasteiger partial charge on any atom is 0.0801 e. The molecule has 2 unspecified atom stereocenters. The van der Waals surface area contributed by atoms with E-state index in [1.54, 1.807) is 14.2 Å². The standard InChI is InChI=1S/C8H18O2.2C6H14O/c1-4-7(9)8(10)5-6(2)3;2*1-6(2)4-5-7-3/h6-10H,4-5H2,1-3H3;2*6H,4-5H2,1-3H3. The molecule has 0 heterocycles. The Labute approximate surface area is 152 Å². The number of hydrogen-bond donors (Lipinski definition) is 2. The molecule has 0 fully saturated rings. The fraction of sp³-hybridized carbons (Fsp3) is 1.00. The zero-order valence-corrected chi connectivity index (χ0v) is 17.8. The van der Waals surface area contributed by atoms with Crippen LogP contribution >= 0.6 is 0 Å². The molecule has 0 aliphatic carbocycles. The summed E-state index contributed by atoms with van der Waals surface area (Å²) >= 11 is 0. The van der Waals surface area contributed by atoms with Gasteiger partial charge in [-0.2, -0.15) is 0 Å². The van der Waals surface area contributed by atoms with Crippen LogP contribution in [-0.2, 0) is 9.47 Å². The van der Waals surface area contributed by atoms with Crippen molar-refractivity contribution in [2.75, 3.05) is 27.4 Å². The molecular formula is C20H46O4. The first kappa shape index (κ1) is 28.6. The van der Waals surface area contributed by atoms with Crippen molar-refractivity contribution in [3.05, 3.63) is 0 Å². The lowest BCUT2D eigenvalue weighted by Crippen LogP contribution is -2.26. The highest BCUT2D eigenvalue weighted by molar-refractivity contribution is 4.66. The molecule has 0 saturated heterocycles. The molecule has 24 heavy (non-hydrogen) atoms. The Kier molecular flexibility index (Phi) is 24.9. The van der Waals surface area contributed by atoms with Crippen molar-refractivity contribution >= 4 is 0 Å². The molecule has 4 heteroatoms. The molecule has 4 nitrogen and oxygen atoms in total. The lowest BCUT2D eigenvalue weighted by molar-refractivity contribution is 0.00588. The van der Waals surface area contributed by atoms with Crippen molar-refractivity contribution in [2.45, 2.75) is 86.4 Å². The van der Waals surface area contributed by atoms with Crippen LogP contribution in [0, 0.1) is 17.8 Å². The molecule has 0 aromatic rings. The summed E-state index contributed by atoms with van der Waals surface area (Å²) < 4.78 is 9.71. The molecule has 0 bridgehead atoms. The average molecular weight is 351 g/mol. The highest BCUT2D eigenvalue weighted by atomic mass is 16.5. The summed E-state index contributed by atoms with van der Waals surface area (Å²) in [5.41, 5.74) is 0. The van der Waals surface area contributed by atoms with Crippen LogP contribution in [0.2, 0.25) is 0 Å². The molecular weight excluding hydrogens is 304 g/mol. The maximum absolute atomic E-state index is 9.24. The van der Waals surface area contributed by atoms with E-state index < -0.39 is 12.2 Å². The molecule has 150 valence electrons. The fourth-order valence-corrected chi connectivity index (χ4v) is 1.62. The Hall–Kier alpha value is -0.160. The van der Waals surface area contributed by atoms with Gasteiger partial charge in [-0.05, 0) is 43.4 Å². The third-order valence-electron chi connectivity index (χ3n) is 3.37. The van der Waals surface area contributed by atoms with Crippen molar-refractivity contribution in [3.63, 3.8) is 0 Å². The lowest BCUT2D eigenvalue weighted by Gasteiger charge is -2.17. The summed E-state index contributed by atoms with van der Waals surface area (Å²) in [5.74, 6) is 2.01. The molecule has 0 amide bonds. The van der Waals surface area contributed by atoms with Crippen molar-refractivity contribution in [1.82, 2.24) is 0 Å². The summed E-state index contributed by atoms with van der Waals surface area (Å²) in [6, 6.07) is 0. The summed E-state index contributed by atoms with van der Waals surface area (Å²) in [4.78, 5) is 0. The second kappa shape index (κ2) is 20.9. The number of methoxy groups -OCH3 is 2. The quantitative estimate of drug-likeness (QED) is 0.608. The predicted octanol–water partition coefficient (Wildman–Crippen LogP) is 4.52. The van der Waals surface area contributed by atoms with Gasteiger partial charge in [-0.1, -0.05) is 48.5 Å². The largest absolute Gasteiger partial charge is 0.390 e. The Bertz CT molecular complexity index is 206. The molecule has 0 aromatic heterocycles. The second-order valence-corrected chi connectivity index (χ2v) is 7.52. The van der Waals surface area contributed by atoms with Crippen LogP contribution in [-0.4, -0.2) is 49.9 Å². The van der Waals surface area contributed by atoms with Gasteiger partial charge in [-0.15, -0.1) is 0 Å². The number of ether oxygens (including phenoxy) is 2. The fourth-order valence-electron chi connectivity index (χ4n) is 1.62. The molecule has 2 N–H and O–H groups in total. The Morgan fingerprint density at radius 3 is 1.21 bits per heavy atom. The van der Waals surface area contributed by atoms with Gasteiger partial charge >= 0.3 is 0 Å². The Morgan fingerprint density at radius 1 is 0.667 bits per heavy atom. The number of hydrogen-bond acceptors (Lipinski definition) is 4. The highest BCUT2D eigenvalue weighted by Gasteiger charge is 2.14. The van der Waals surface area contributed by atoms with Crippen molar-refractivity contribution < 1.29 is 19.7 Å². The van der Waals surface area contributed by atoms with Gasteiger partial charge in [0, 0.05) is 27.4 Å². The SMILES string of the molecule is CCC(O)C(O)CC(C)C.COCCC(C)C.COCCC(C)C. The highest BCUT2D eigenvalue weighted by Crippen LogP contribution is 2.09. The first-order valence-electron chi connectivity index (χ1n) is 9.46. The second-order valence-electron chi connectivity index (χ2n) is 7.52. The van der Waals surface area contributed by atoms with E-state index in [1.165, 1.54) is 12.8 Å². The van der Waals surface area contributed by atoms with Gasteiger partial charge in [-0.3, -0.25) is 0 Å². The molecule has 0 rings (SSSR count). The topological polar surface area (TPSA) is 58.9 Å². The van der Waals surface area contributed by atoms with Crippen molar-refractivity contribution in [2.24, 2.45) is 17.8 Å². The van der Waals surface area contributed by atoms with Crippen LogP contribution in [0.1, 0.15) is 74.1 Å². The monoisotopic (exact) mass is 350 g/mol. The van der Waals surface area contributed by atoms with E-state index in [9.17, 15) is 5.11 Å². The lowest BCUT2D eigenvalue weighted by atomic mass is 10.0. The van der Waals surface area contributed by atoms with E-state index in [0.717, 1.165) is 25.0 Å². The average Bonchev–Trinajstić information content (AvgIpc) is 2.50. The number of aliphatic hydroxyl groups excluding tert-OH is 2. The van der Waals surface area contributed by atoms with Gasteiger partial charge in [-0.25, -0.2) is 0 Å². The third kappa shape index (κ3) is 29.8. The van der Waals surface area contributed by atoms with Gasteiger partial charge in [0.2, 0.25) is 0 Å². The third-order valence-corrected chi connectivity index (χ3v) is 3.37. The Morgan fingerprint density at radius 2 is 1.04 bits per heavy atom. The van der Waals surface area contributed by atoms with Crippen LogP contribution in [0.15, 0.2) is 0 Å². The molecule has 0 saturated carbocycles. The molecule has 0 spiro atoms. The zero-order valence-electron chi connectivity index (χ0n) is 17.8. The van der Waals surface area contributed by atoms with E-state index in [4.69, 9.17) is 14.6 Å². The summed E-state index contributed by atoms with van der Waals surface area (Å²) in [6.45, 7) is 16.5. The number of aliphatic hydroxyl groups is 2. The van der Waals surface area contributed by atoms with Gasteiger partial charge in [0.15, 0.2) is 0 Å². The molecule has 2 atom stereocenters. The van der Waals surface area contributed by atoms with Crippen LogP contribution in [0.4, 0.5) is 0 Å². The van der Waals surface area contributed by atoms with Crippen LogP contribution in [0.5, 0.6) is 0 Å². The first-order chi connectivity index (χ1) is 11.1. The molecule has 0 aliphatic rings. The van der Waals surface area contributed by atoms with E-state index in [1.807, 2.05) is 20.8 Å². The van der Waals surface area contributed by atoms with E-state index in [-0.39, 0.29) is 0 Å². The van der Waals surface area contributed by atoms with Gasteiger partial charge in [0.1, 0.15) is 0 Å². The smallest absolute Gasteiger partial charge is 0.0801 e. The first-order valence-corrected chi connectivity index (χ1v) is 9.46. The minimum Gasteiger partial charge on any atom is -0.390 e. The summed E-state index contributed by atoms with van der Waals surface area (Å²) in [6.07, 6.45) is 2.60. The van der Waals surface area contributed by atoms with Crippen LogP contribution in [0.3, 0.4) is 0 Å². The molecule has 0 aliphatic heterocycles. The van der Waals surface area contributed by atoms with Crippen LogP contribution < -0.4 is 0 Å². The summed E-state index contributed by atoms with van der Waals surface area (Å²) in [5, 5.41) is 18.4. The molecule has 0 aromatic carbocycles. The van der Waals surface area contributed by atoms with E-state index in [2.05, 4.69) is 27.7 Å². The van der Waals surface area contributed by atoms with Gasteiger partial charge in [0.05, 0.1) is 12.2 Å². The zero-order chi connectivity index (χ0) is 19.5. The van der Waals surface area contributed by atoms with Crippen molar-refractivity contribution in [1.29, 1.82) is 0 Å². The maximum atomic E-state index is 9.24. The van der Waals surface area contributed by atoms with E-state index >= 15 is 0 Å². The normalized spacial score (nSPS) is 13.2. The Balaban J connectivity index is -0.000000283. The number of rotatable bonds is 10. The van der Waals surface area contributed by atoms with Crippen LogP contribution in [0.25, 0.3) is 0 Å². The van der Waals surface area contributed by atoms with Crippen molar-refractivity contribution in [3.8, 4) is 0 Å². The van der Waals surface area contributed by atoms with Gasteiger partial charge < -0.3 is 19.7 Å². The predicted molar refractivity (Wildman–Crippen MR) is 104 cm³/mol. The van der Waals surface area contributed by atoms with E-state index in [0.29, 0.717) is 18.8 Å². The summed E-state index contributed by atoms with van der Waals surface area (Å²) in [7, 11) is 3.48. The molecule has 0 radical (unpaired) electrons. The minimum absolute atomic E-state index is 0.455. The van der Waals surface area contributed by atoms with Gasteiger partial charge in [0.25, 0.3) is 0 Å². The minimum atomic E-state index is -0.539.